The van der Waals surface area contributed by atoms with Gasteiger partial charge in [-0.3, -0.25) is 0 Å². The standard InChI is InChI=1S/C15H13FO3/c1-2-19-12-6-3-10(4-7-12)13-8-5-11(16)9-14(13)15(17)18/h3-9H,2H2,1H3,(H,17,18). The van der Waals surface area contributed by atoms with Crippen LogP contribution in [0.1, 0.15) is 17.3 Å². The molecule has 0 aromatic heterocycles. The summed E-state index contributed by atoms with van der Waals surface area (Å²) in [5.41, 5.74) is 1.14. The summed E-state index contributed by atoms with van der Waals surface area (Å²) in [7, 11) is 0. The van der Waals surface area contributed by atoms with Crippen LogP contribution in [0.3, 0.4) is 0 Å². The van der Waals surface area contributed by atoms with E-state index in [1.54, 1.807) is 24.3 Å². The van der Waals surface area contributed by atoms with Gasteiger partial charge in [-0.05, 0) is 42.3 Å². The molecule has 0 saturated heterocycles. The Morgan fingerprint density at radius 3 is 2.47 bits per heavy atom. The summed E-state index contributed by atoms with van der Waals surface area (Å²) in [4.78, 5) is 11.1. The van der Waals surface area contributed by atoms with E-state index in [1.165, 1.54) is 12.1 Å². The molecule has 0 unspecified atom stereocenters. The Bertz CT molecular complexity index is 591. The molecule has 0 saturated carbocycles. The molecule has 0 aliphatic heterocycles. The summed E-state index contributed by atoms with van der Waals surface area (Å²) in [5, 5.41) is 9.10. The summed E-state index contributed by atoms with van der Waals surface area (Å²) < 4.78 is 18.4. The number of aromatic carboxylic acids is 1. The minimum absolute atomic E-state index is 0.0517. The van der Waals surface area contributed by atoms with Crippen LogP contribution >= 0.6 is 0 Å². The lowest BCUT2D eigenvalue weighted by Gasteiger charge is -2.08. The van der Waals surface area contributed by atoms with Crippen molar-refractivity contribution in [3.8, 4) is 16.9 Å². The van der Waals surface area contributed by atoms with Gasteiger partial charge in [0, 0.05) is 0 Å². The summed E-state index contributed by atoms with van der Waals surface area (Å²) in [6.07, 6.45) is 0. The van der Waals surface area contributed by atoms with E-state index in [-0.39, 0.29) is 5.56 Å². The average Bonchev–Trinajstić information content (AvgIpc) is 2.40. The van der Waals surface area contributed by atoms with Crippen molar-refractivity contribution in [3.63, 3.8) is 0 Å². The molecule has 3 nitrogen and oxygen atoms in total. The van der Waals surface area contributed by atoms with Crippen molar-refractivity contribution in [3.05, 3.63) is 53.8 Å². The number of halogens is 1. The monoisotopic (exact) mass is 260 g/mol. The Morgan fingerprint density at radius 1 is 1.21 bits per heavy atom. The molecule has 0 atom stereocenters. The molecule has 1 N–H and O–H groups in total. The molecule has 0 aliphatic rings. The van der Waals surface area contributed by atoms with Crippen LogP contribution in [0, 0.1) is 5.82 Å². The first-order valence-corrected chi connectivity index (χ1v) is 5.88. The number of ether oxygens (including phenoxy) is 1. The molecule has 2 rings (SSSR count). The second-order valence-electron chi connectivity index (χ2n) is 3.95. The van der Waals surface area contributed by atoms with Gasteiger partial charge in [-0.2, -0.15) is 0 Å². The fourth-order valence-electron chi connectivity index (χ4n) is 1.84. The zero-order valence-corrected chi connectivity index (χ0v) is 10.4. The molecule has 4 heteroatoms. The molecule has 98 valence electrons. The van der Waals surface area contributed by atoms with E-state index in [4.69, 9.17) is 9.84 Å². The number of carboxylic acid groups (broad SMARTS) is 1. The predicted molar refractivity (Wildman–Crippen MR) is 70.0 cm³/mol. The van der Waals surface area contributed by atoms with Crippen molar-refractivity contribution in [2.75, 3.05) is 6.61 Å². The van der Waals surface area contributed by atoms with E-state index in [9.17, 15) is 9.18 Å². The topological polar surface area (TPSA) is 46.5 Å². The molecule has 19 heavy (non-hydrogen) atoms. The average molecular weight is 260 g/mol. The fourth-order valence-corrected chi connectivity index (χ4v) is 1.84. The van der Waals surface area contributed by atoms with E-state index in [0.717, 1.165) is 6.07 Å². The van der Waals surface area contributed by atoms with Crippen molar-refractivity contribution in [2.45, 2.75) is 6.92 Å². The van der Waals surface area contributed by atoms with Crippen LogP contribution in [0.25, 0.3) is 11.1 Å². The zero-order valence-electron chi connectivity index (χ0n) is 10.4. The minimum atomic E-state index is -1.15. The molecule has 2 aromatic carbocycles. The van der Waals surface area contributed by atoms with Crippen molar-refractivity contribution >= 4 is 5.97 Å². The molecular weight excluding hydrogens is 247 g/mol. The molecule has 0 radical (unpaired) electrons. The third kappa shape index (κ3) is 2.91. The van der Waals surface area contributed by atoms with Gasteiger partial charge in [0.05, 0.1) is 12.2 Å². The number of rotatable bonds is 4. The van der Waals surface area contributed by atoms with Crippen molar-refractivity contribution in [2.24, 2.45) is 0 Å². The Kier molecular flexibility index (Phi) is 3.80. The third-order valence-corrected chi connectivity index (χ3v) is 2.69. The van der Waals surface area contributed by atoms with Crippen molar-refractivity contribution in [1.82, 2.24) is 0 Å². The van der Waals surface area contributed by atoms with Gasteiger partial charge in [0.15, 0.2) is 0 Å². The van der Waals surface area contributed by atoms with Crippen LogP contribution in [0.5, 0.6) is 5.75 Å². The van der Waals surface area contributed by atoms with Crippen molar-refractivity contribution < 1.29 is 19.0 Å². The highest BCUT2D eigenvalue weighted by atomic mass is 19.1. The Hall–Kier alpha value is -2.36. The first kappa shape index (κ1) is 13.1. The SMILES string of the molecule is CCOc1ccc(-c2ccc(F)cc2C(=O)O)cc1. The lowest BCUT2D eigenvalue weighted by Crippen LogP contribution is -2.00. The van der Waals surface area contributed by atoms with Crippen LogP contribution in [0.2, 0.25) is 0 Å². The first-order chi connectivity index (χ1) is 9.11. The van der Waals surface area contributed by atoms with Crippen LogP contribution in [0.15, 0.2) is 42.5 Å². The van der Waals surface area contributed by atoms with Crippen LogP contribution in [0.4, 0.5) is 4.39 Å². The maximum atomic E-state index is 13.1. The van der Waals surface area contributed by atoms with Gasteiger partial charge in [0.2, 0.25) is 0 Å². The Balaban J connectivity index is 2.43. The maximum absolute atomic E-state index is 13.1. The quantitative estimate of drug-likeness (QED) is 0.913. The fraction of sp³-hybridized carbons (Fsp3) is 0.133. The molecule has 2 aromatic rings. The summed E-state index contributed by atoms with van der Waals surface area (Å²) in [5.74, 6) is -0.999. The number of benzene rings is 2. The Morgan fingerprint density at radius 2 is 1.89 bits per heavy atom. The number of hydrogen-bond donors (Lipinski definition) is 1. The van der Waals surface area contributed by atoms with Crippen molar-refractivity contribution in [1.29, 1.82) is 0 Å². The van der Waals surface area contributed by atoms with E-state index in [1.807, 2.05) is 6.92 Å². The smallest absolute Gasteiger partial charge is 0.336 e. The number of carboxylic acids is 1. The third-order valence-electron chi connectivity index (χ3n) is 2.69. The maximum Gasteiger partial charge on any atom is 0.336 e. The molecule has 0 bridgehead atoms. The second kappa shape index (κ2) is 5.52. The predicted octanol–water partition coefficient (Wildman–Crippen LogP) is 3.59. The minimum Gasteiger partial charge on any atom is -0.494 e. The van der Waals surface area contributed by atoms with E-state index >= 15 is 0 Å². The molecule has 0 spiro atoms. The highest BCUT2D eigenvalue weighted by Gasteiger charge is 2.12. The molecule has 0 heterocycles. The van der Waals surface area contributed by atoms with Gasteiger partial charge in [-0.1, -0.05) is 18.2 Å². The molecule has 0 aliphatic carbocycles. The lowest BCUT2D eigenvalue weighted by molar-refractivity contribution is 0.0697. The van der Waals surface area contributed by atoms with Gasteiger partial charge >= 0.3 is 5.97 Å². The van der Waals surface area contributed by atoms with E-state index < -0.39 is 11.8 Å². The lowest BCUT2D eigenvalue weighted by atomic mass is 9.99. The largest absolute Gasteiger partial charge is 0.494 e. The second-order valence-corrected chi connectivity index (χ2v) is 3.95. The Labute approximate surface area is 110 Å². The first-order valence-electron chi connectivity index (χ1n) is 5.88. The van der Waals surface area contributed by atoms with Crippen LogP contribution < -0.4 is 4.74 Å². The van der Waals surface area contributed by atoms with Crippen LogP contribution in [-0.4, -0.2) is 17.7 Å². The van der Waals surface area contributed by atoms with Gasteiger partial charge < -0.3 is 9.84 Å². The molecular formula is C15H13FO3. The van der Waals surface area contributed by atoms with Gasteiger partial charge in [0.25, 0.3) is 0 Å². The molecule has 0 fully saturated rings. The normalized spacial score (nSPS) is 10.2. The highest BCUT2D eigenvalue weighted by Crippen LogP contribution is 2.26. The summed E-state index contributed by atoms with van der Waals surface area (Å²) in [6.45, 7) is 2.45. The van der Waals surface area contributed by atoms with Gasteiger partial charge in [-0.25, -0.2) is 9.18 Å². The zero-order chi connectivity index (χ0) is 13.8. The van der Waals surface area contributed by atoms with E-state index in [2.05, 4.69) is 0 Å². The summed E-state index contributed by atoms with van der Waals surface area (Å²) in [6, 6.07) is 10.8. The van der Waals surface area contributed by atoms with Crippen LogP contribution in [-0.2, 0) is 0 Å². The van der Waals surface area contributed by atoms with E-state index in [0.29, 0.717) is 23.5 Å². The summed E-state index contributed by atoms with van der Waals surface area (Å²) >= 11 is 0. The number of hydrogen-bond acceptors (Lipinski definition) is 2. The number of carbonyl (C=O) groups is 1. The van der Waals surface area contributed by atoms with Gasteiger partial charge in [-0.15, -0.1) is 0 Å². The highest BCUT2D eigenvalue weighted by molar-refractivity contribution is 5.96. The van der Waals surface area contributed by atoms with Gasteiger partial charge in [0.1, 0.15) is 11.6 Å². The molecule has 0 amide bonds.